The number of carbonyl (C=O) groups is 6. The number of piperidine rings is 1. The molecule has 140 heavy (non-hydrogen) atoms. The number of esters is 1. The van der Waals surface area contributed by atoms with Crippen molar-refractivity contribution in [3.63, 3.8) is 0 Å². The fourth-order valence-electron chi connectivity index (χ4n) is 28.5. The highest BCUT2D eigenvalue weighted by atomic mass is 32.2. The number of hydrogen-bond donors (Lipinski definition) is 3. The molecule has 5 amide bonds. The summed E-state index contributed by atoms with van der Waals surface area (Å²) in [6, 6.07) is 35.9. The lowest BCUT2D eigenvalue weighted by Gasteiger charge is -2.37. The zero-order chi connectivity index (χ0) is 98.2. The topological polar surface area (TPSA) is 315 Å². The van der Waals surface area contributed by atoms with Crippen LogP contribution in [0.3, 0.4) is 0 Å². The van der Waals surface area contributed by atoms with Crippen LogP contribution in [-0.2, 0) is 69.4 Å². The molecule has 744 valence electrons. The molecule has 6 aromatic carbocycles. The number of rotatable bonds is 21. The zero-order valence-electron chi connectivity index (χ0n) is 83.1. The maximum absolute atomic E-state index is 14.7. The molecular weight excluding hydrogens is 1830 g/mol. The number of nitrogens with one attached hydrogen (secondary N) is 3. The molecule has 0 bridgehead atoms. The molecular formula is C108H133N13O16S3. The van der Waals surface area contributed by atoms with E-state index in [0.717, 1.165) is 234 Å². The largest absolute Gasteiger partial charge is 0.497 e. The molecule has 5 aliphatic heterocycles. The van der Waals surface area contributed by atoms with E-state index in [0.29, 0.717) is 49.2 Å². The predicted molar refractivity (Wildman–Crippen MR) is 536 cm³/mol. The summed E-state index contributed by atoms with van der Waals surface area (Å²) in [7, 11) is 9.66. The second-order valence-corrected chi connectivity index (χ2v) is 50.2. The average Bonchev–Trinajstić information content (AvgIpc) is 1.34. The first-order chi connectivity index (χ1) is 66.9. The molecule has 15 aliphatic rings. The number of likely N-dealkylation sites (tertiary alicyclic amines) is 2. The maximum Gasteiger partial charge on any atom is 0.314 e. The molecule has 10 aliphatic carbocycles. The number of nitrogens with zero attached hydrogens (tertiary/aromatic N) is 10. The number of hydrogen-bond acceptors (Lipinski definition) is 18. The minimum Gasteiger partial charge on any atom is -0.497 e. The third-order valence-corrected chi connectivity index (χ3v) is 40.9. The van der Waals surface area contributed by atoms with Crippen molar-refractivity contribution >= 4 is 98.8 Å². The van der Waals surface area contributed by atoms with Crippen molar-refractivity contribution in [3.8, 4) is 51.0 Å². The Hall–Kier alpha value is -10.2. The number of benzene rings is 6. The van der Waals surface area contributed by atoms with Crippen LogP contribution >= 0.6 is 0 Å². The smallest absolute Gasteiger partial charge is 0.314 e. The van der Waals surface area contributed by atoms with Crippen molar-refractivity contribution in [2.45, 2.75) is 222 Å². The highest BCUT2D eigenvalue weighted by Gasteiger charge is 3.13. The molecule has 10 unspecified atom stereocenters. The van der Waals surface area contributed by atoms with Gasteiger partial charge in [0, 0.05) is 184 Å². The van der Waals surface area contributed by atoms with Crippen LogP contribution in [0.2, 0.25) is 0 Å². The first-order valence-corrected chi connectivity index (χ1v) is 55.1. The quantitative estimate of drug-likeness (QED) is 0.0563. The number of carbonyl (C=O) groups excluding carboxylic acids is 6. The third-order valence-electron chi connectivity index (χ3n) is 36.6. The molecule has 8 heterocycles. The summed E-state index contributed by atoms with van der Waals surface area (Å²) in [5.41, 5.74) is 16.2. The number of methoxy groups -OCH3 is 3. The lowest BCUT2D eigenvalue weighted by molar-refractivity contribution is -0.162. The van der Waals surface area contributed by atoms with E-state index in [2.05, 4.69) is 95.1 Å². The van der Waals surface area contributed by atoms with E-state index in [4.69, 9.17) is 18.9 Å². The van der Waals surface area contributed by atoms with Crippen LogP contribution in [0.25, 0.3) is 66.5 Å². The normalized spacial score (nSPS) is 28.3. The van der Waals surface area contributed by atoms with Crippen molar-refractivity contribution in [1.82, 2.24) is 60.4 Å². The Balaban J connectivity index is 0.000000121. The predicted octanol–water partition coefficient (Wildman–Crippen LogP) is 15.1. The van der Waals surface area contributed by atoms with Gasteiger partial charge in [-0.1, -0.05) is 82.9 Å². The van der Waals surface area contributed by atoms with E-state index in [9.17, 15) is 54.0 Å². The molecule has 3 N–H and O–H groups in total. The van der Waals surface area contributed by atoms with Crippen molar-refractivity contribution < 1.29 is 73.0 Å². The molecule has 12 fully saturated rings. The van der Waals surface area contributed by atoms with Gasteiger partial charge < -0.3 is 52.2 Å². The molecule has 0 radical (unpaired) electrons. The molecule has 24 rings (SSSR count). The minimum absolute atomic E-state index is 0.00581. The zero-order valence-corrected chi connectivity index (χ0v) is 85.5. The average molecular weight is 1970 g/mol. The van der Waals surface area contributed by atoms with Crippen LogP contribution in [-0.4, -0.2) is 243 Å². The highest BCUT2D eigenvalue weighted by molar-refractivity contribution is 7.88. The second-order valence-electron chi connectivity index (χ2n) is 44.5. The van der Waals surface area contributed by atoms with Gasteiger partial charge in [0.25, 0.3) is 17.7 Å². The van der Waals surface area contributed by atoms with E-state index in [1.807, 2.05) is 78.5 Å². The molecule has 3 aromatic heterocycles. The van der Waals surface area contributed by atoms with E-state index in [1.165, 1.54) is 117 Å². The molecule has 29 nitrogen and oxygen atoms in total. The van der Waals surface area contributed by atoms with E-state index in [-0.39, 0.29) is 75.8 Å². The first-order valence-electron chi connectivity index (χ1n) is 50.8. The van der Waals surface area contributed by atoms with Crippen molar-refractivity contribution in [3.05, 3.63) is 159 Å². The Morgan fingerprint density at radius 3 is 1.07 bits per heavy atom. The van der Waals surface area contributed by atoms with Gasteiger partial charge in [-0.25, -0.2) is 14.2 Å². The molecule has 32 heteroatoms. The van der Waals surface area contributed by atoms with E-state index in [1.54, 1.807) is 39.5 Å². The van der Waals surface area contributed by atoms with Crippen LogP contribution in [0.4, 0.5) is 0 Å². The molecule has 13 atom stereocenters. The van der Waals surface area contributed by atoms with Gasteiger partial charge >= 0.3 is 36.6 Å². The van der Waals surface area contributed by atoms with Crippen molar-refractivity contribution in [1.29, 1.82) is 0 Å². The second kappa shape index (κ2) is 34.3. The van der Waals surface area contributed by atoms with Gasteiger partial charge in [0.1, 0.15) is 23.4 Å². The maximum atomic E-state index is 14.7. The number of likely N-dealkylation sites (N-methyl/N-ethyl adjacent to an activating group) is 2. The molecule has 10 saturated carbocycles. The standard InChI is InChI=1S/C37H41N3O6S.C36H47N5O5S.C35H45N5O5S/c1-35-28(16-25-30-32(35)37(25,30)35)46-34(42)36-17-26(36)24-15-21(45-4)11-13-22(24)31-29(19-8-6-5-7-9-19)23-12-10-20(14-27(23)40(31)18-36)33(41)38-47(43,44)39(2)3;1-38(2)47(44,45)37-34(42)24-11-13-28-31(19-24)41-22-36(35(43)40(4)25-15-17-39(3)18-16-25)21-30(36)29-20-26(46-5)12-14-27(29)33(41)32(28)23-9-7-6-8-10-23;1-37(2)46(43,44)36-33(41)23-11-13-27-30(17-23)40-21-35(34(42)39(4)24-15-16-38(3)20-24)19-29(35)28-18-25(45-5)12-14-26(28)32(40)31(27)22-9-7-6-8-10-22/h10-15,19,25-26,28,30,32H,5-9,16-18H2,1-4H3,(H,38,41);11-14,19-20,23,25,30H,6-10,15-18,21-22H2,1-5H3,(H,37,42);11-14,17-18,22,24,29H,6-10,15-16,19-21H2,1-5H3,(H,36,41)/t25-,26?,28-,30?,32?,35+,36?,37?;;/m1../s1. The SMILES string of the molecule is COc1ccc2c(c1)C1CC1(C(=O)N(C)C1CCN(C)C1)Cn1c-2c(C2CCCCC2)c2ccc(C(=O)NS(=O)(=O)N(C)C)cc21.COc1ccc2c(c1)C1CC1(C(=O)N(C)C1CCN(C)CC1)Cn1c-2c(C2CCCCC2)c2ccc(C(=O)NS(=O)(=O)N(C)C)cc21.COc1ccc2c(c1)C1CC1(C(=O)O[C@@H]1C[C@@H]3C4C5C43[C@]51C)Cn1c-2c(C2CCCCC2)c2ccc(C(=O)NS(=O)(=O)N(C)C)cc21. The monoisotopic (exact) mass is 1960 g/mol. The van der Waals surface area contributed by atoms with Gasteiger partial charge in [-0.15, -0.1) is 0 Å². The van der Waals surface area contributed by atoms with Gasteiger partial charge in [-0.05, 0) is 282 Å². The summed E-state index contributed by atoms with van der Waals surface area (Å²) >= 11 is 0. The Bertz CT molecular complexity index is 7030. The number of fused-ring (bicyclic) bond motifs is 24. The summed E-state index contributed by atoms with van der Waals surface area (Å²) in [6.45, 7) is 7.59. The Kier molecular flexibility index (Phi) is 23.2. The van der Waals surface area contributed by atoms with E-state index < -0.39 is 64.6 Å². The minimum atomic E-state index is -3.97. The molecule has 1 spiro atoms. The Morgan fingerprint density at radius 2 is 0.743 bits per heavy atom. The summed E-state index contributed by atoms with van der Waals surface area (Å²) in [6.07, 6.45) is 23.3. The van der Waals surface area contributed by atoms with Crippen molar-refractivity contribution in [2.75, 3.05) is 118 Å². The van der Waals surface area contributed by atoms with Gasteiger partial charge in [0.2, 0.25) is 11.8 Å². The van der Waals surface area contributed by atoms with E-state index >= 15 is 0 Å². The van der Waals surface area contributed by atoms with Crippen LogP contribution in [0.15, 0.2) is 109 Å². The van der Waals surface area contributed by atoms with Crippen LogP contribution in [0, 0.1) is 44.8 Å². The fourth-order valence-corrected chi connectivity index (χ4v) is 30.1. The molecule has 2 saturated heterocycles. The number of ether oxygens (including phenoxy) is 4. The summed E-state index contributed by atoms with van der Waals surface area (Å²) in [4.78, 5) is 92.5. The molecule has 9 aromatic rings. The first kappa shape index (κ1) is 94.7. The highest BCUT2D eigenvalue weighted by Crippen LogP contribution is 3.13. The van der Waals surface area contributed by atoms with Gasteiger partial charge in [-0.2, -0.15) is 38.2 Å². The van der Waals surface area contributed by atoms with Gasteiger partial charge in [-0.3, -0.25) is 28.8 Å². The summed E-state index contributed by atoms with van der Waals surface area (Å²) in [5, 5.41) is 3.21. The Morgan fingerprint density at radius 1 is 0.407 bits per heavy atom. The van der Waals surface area contributed by atoms with Crippen LogP contribution in [0.1, 0.15) is 248 Å². The lowest BCUT2D eigenvalue weighted by atomic mass is 9.81. The summed E-state index contributed by atoms with van der Waals surface area (Å²) < 4.78 is 115. The van der Waals surface area contributed by atoms with Crippen LogP contribution < -0.4 is 28.4 Å². The van der Waals surface area contributed by atoms with Crippen molar-refractivity contribution in [2.24, 2.45) is 44.8 Å². The Labute approximate surface area is 821 Å². The number of amides is 5. The van der Waals surface area contributed by atoms with Gasteiger partial charge in [0.05, 0.1) is 54.7 Å². The summed E-state index contributed by atoms with van der Waals surface area (Å²) in [5.74, 6) is 4.20. The van der Waals surface area contributed by atoms with Gasteiger partial charge in [0.15, 0.2) is 0 Å². The lowest BCUT2D eigenvalue weighted by Crippen LogP contribution is -2.48. The fraction of sp³-hybridized carbons (Fsp3) is 0.556. The van der Waals surface area contributed by atoms with Crippen LogP contribution in [0.5, 0.6) is 17.2 Å². The number of aromatic nitrogens is 3. The third kappa shape index (κ3) is 14.9.